The number of terminal acetylenes is 1. The van der Waals surface area contributed by atoms with Crippen LogP contribution < -0.4 is 15.4 Å². The normalized spacial score (nSPS) is 23.3. The van der Waals surface area contributed by atoms with Crippen LogP contribution in [0.1, 0.15) is 15.9 Å². The summed E-state index contributed by atoms with van der Waals surface area (Å²) in [6.07, 6.45) is 5.54. The SMILES string of the molecule is C#C[C@@]1(CN2Cc3ccc(OC)cc3C2=O)CNC(=O)N1. The molecule has 21 heavy (non-hydrogen) atoms. The van der Waals surface area contributed by atoms with E-state index in [2.05, 4.69) is 16.6 Å². The summed E-state index contributed by atoms with van der Waals surface area (Å²) in [5.41, 5.74) is 0.711. The molecule has 0 radical (unpaired) electrons. The summed E-state index contributed by atoms with van der Waals surface area (Å²) in [4.78, 5) is 25.4. The second-order valence-electron chi connectivity index (χ2n) is 5.22. The number of nitrogens with zero attached hydrogens (tertiary/aromatic N) is 1. The zero-order valence-corrected chi connectivity index (χ0v) is 11.6. The Morgan fingerprint density at radius 1 is 1.48 bits per heavy atom. The van der Waals surface area contributed by atoms with E-state index in [0.29, 0.717) is 24.4 Å². The number of carbonyl (C=O) groups excluding carboxylic acids is 2. The van der Waals surface area contributed by atoms with Gasteiger partial charge >= 0.3 is 6.03 Å². The molecule has 0 aromatic heterocycles. The van der Waals surface area contributed by atoms with Crippen molar-refractivity contribution in [2.24, 2.45) is 0 Å². The molecule has 0 bridgehead atoms. The van der Waals surface area contributed by atoms with Crippen LogP contribution in [-0.4, -0.2) is 42.6 Å². The van der Waals surface area contributed by atoms with E-state index in [4.69, 9.17) is 11.2 Å². The molecule has 6 nitrogen and oxygen atoms in total. The minimum atomic E-state index is -0.848. The van der Waals surface area contributed by atoms with E-state index in [-0.39, 0.29) is 18.5 Å². The van der Waals surface area contributed by atoms with Crippen molar-refractivity contribution in [2.75, 3.05) is 20.2 Å². The first-order valence-corrected chi connectivity index (χ1v) is 6.57. The summed E-state index contributed by atoms with van der Waals surface area (Å²) in [5, 5.41) is 5.35. The monoisotopic (exact) mass is 285 g/mol. The van der Waals surface area contributed by atoms with Gasteiger partial charge in [0.25, 0.3) is 5.91 Å². The van der Waals surface area contributed by atoms with Crippen molar-refractivity contribution in [3.63, 3.8) is 0 Å². The van der Waals surface area contributed by atoms with E-state index in [1.807, 2.05) is 12.1 Å². The highest BCUT2D eigenvalue weighted by atomic mass is 16.5. The molecule has 0 spiro atoms. The second kappa shape index (κ2) is 4.70. The van der Waals surface area contributed by atoms with Crippen LogP contribution in [0, 0.1) is 12.3 Å². The van der Waals surface area contributed by atoms with Gasteiger partial charge < -0.3 is 20.3 Å². The largest absolute Gasteiger partial charge is 0.497 e. The minimum Gasteiger partial charge on any atom is -0.497 e. The van der Waals surface area contributed by atoms with Crippen molar-refractivity contribution < 1.29 is 14.3 Å². The summed E-state index contributed by atoms with van der Waals surface area (Å²) in [7, 11) is 1.56. The number of rotatable bonds is 3. The smallest absolute Gasteiger partial charge is 0.316 e. The van der Waals surface area contributed by atoms with Crippen LogP contribution in [0.3, 0.4) is 0 Å². The van der Waals surface area contributed by atoms with Gasteiger partial charge in [-0.1, -0.05) is 12.0 Å². The molecule has 1 atom stereocenters. The number of hydrogen-bond acceptors (Lipinski definition) is 3. The summed E-state index contributed by atoms with van der Waals surface area (Å²) >= 11 is 0. The van der Waals surface area contributed by atoms with Crippen molar-refractivity contribution in [3.8, 4) is 18.1 Å². The number of benzene rings is 1. The molecule has 1 aromatic rings. The third-order valence-electron chi connectivity index (χ3n) is 3.84. The van der Waals surface area contributed by atoms with E-state index < -0.39 is 5.54 Å². The Hall–Kier alpha value is -2.68. The van der Waals surface area contributed by atoms with Crippen LogP contribution in [-0.2, 0) is 6.54 Å². The first kappa shape index (κ1) is 13.3. The summed E-state index contributed by atoms with van der Waals surface area (Å²) in [5.74, 6) is 3.14. The summed E-state index contributed by atoms with van der Waals surface area (Å²) in [6, 6.07) is 5.12. The van der Waals surface area contributed by atoms with Gasteiger partial charge in [0.05, 0.1) is 20.2 Å². The zero-order chi connectivity index (χ0) is 15.0. The highest BCUT2D eigenvalue weighted by Crippen LogP contribution is 2.28. The Morgan fingerprint density at radius 2 is 2.29 bits per heavy atom. The first-order chi connectivity index (χ1) is 10.1. The molecule has 1 fully saturated rings. The topological polar surface area (TPSA) is 70.7 Å². The molecule has 108 valence electrons. The Labute approximate surface area is 122 Å². The lowest BCUT2D eigenvalue weighted by molar-refractivity contribution is 0.0752. The van der Waals surface area contributed by atoms with Gasteiger partial charge in [0, 0.05) is 12.1 Å². The van der Waals surface area contributed by atoms with Gasteiger partial charge in [-0.15, -0.1) is 6.42 Å². The lowest BCUT2D eigenvalue weighted by Crippen LogP contribution is -2.51. The van der Waals surface area contributed by atoms with Gasteiger partial charge in [0.1, 0.15) is 11.3 Å². The van der Waals surface area contributed by atoms with Gasteiger partial charge in [-0.25, -0.2) is 4.79 Å². The standard InChI is InChI=1S/C15H15N3O3/c1-3-15(8-16-14(20)17-15)9-18-7-10-4-5-11(21-2)6-12(10)13(18)19/h1,4-6H,7-9H2,2H3,(H2,16,17,20)/t15-/m0/s1. The molecule has 0 saturated carbocycles. The molecule has 3 rings (SSSR count). The molecule has 3 amide bonds. The van der Waals surface area contributed by atoms with Crippen molar-refractivity contribution in [3.05, 3.63) is 29.3 Å². The molecule has 0 aliphatic carbocycles. The number of nitrogens with one attached hydrogen (secondary N) is 2. The molecule has 1 saturated heterocycles. The maximum atomic E-state index is 12.5. The van der Waals surface area contributed by atoms with Crippen LogP contribution in [0.4, 0.5) is 4.79 Å². The van der Waals surface area contributed by atoms with Crippen LogP contribution in [0.15, 0.2) is 18.2 Å². The summed E-state index contributed by atoms with van der Waals surface area (Å²) < 4.78 is 5.14. The molecule has 2 heterocycles. The number of urea groups is 1. The Morgan fingerprint density at radius 3 is 2.90 bits per heavy atom. The molecular formula is C15H15N3O3. The second-order valence-corrected chi connectivity index (χ2v) is 5.22. The third-order valence-corrected chi connectivity index (χ3v) is 3.84. The van der Waals surface area contributed by atoms with Gasteiger partial charge in [0.2, 0.25) is 0 Å². The third kappa shape index (κ3) is 2.17. The minimum absolute atomic E-state index is 0.0975. The van der Waals surface area contributed by atoms with Crippen molar-refractivity contribution in [1.82, 2.24) is 15.5 Å². The highest BCUT2D eigenvalue weighted by Gasteiger charge is 2.40. The molecule has 6 heteroatoms. The predicted molar refractivity (Wildman–Crippen MR) is 75.8 cm³/mol. The average molecular weight is 285 g/mol. The van der Waals surface area contributed by atoms with Crippen molar-refractivity contribution in [1.29, 1.82) is 0 Å². The fraction of sp³-hybridized carbons (Fsp3) is 0.333. The Bertz CT molecular complexity index is 665. The van der Waals surface area contributed by atoms with Crippen molar-refractivity contribution in [2.45, 2.75) is 12.1 Å². The molecule has 2 N–H and O–H groups in total. The quantitative estimate of drug-likeness (QED) is 0.787. The fourth-order valence-electron chi connectivity index (χ4n) is 2.69. The number of ether oxygens (including phenoxy) is 1. The fourth-order valence-corrected chi connectivity index (χ4v) is 2.69. The highest BCUT2D eigenvalue weighted by molar-refractivity contribution is 5.99. The maximum Gasteiger partial charge on any atom is 0.316 e. The number of fused-ring (bicyclic) bond motifs is 1. The Balaban J connectivity index is 1.82. The first-order valence-electron chi connectivity index (χ1n) is 6.57. The molecule has 1 aromatic carbocycles. The molecule has 2 aliphatic rings. The van der Waals surface area contributed by atoms with Crippen molar-refractivity contribution >= 4 is 11.9 Å². The molecule has 2 aliphatic heterocycles. The Kier molecular flexibility index (Phi) is 2.98. The van der Waals surface area contributed by atoms with E-state index in [9.17, 15) is 9.59 Å². The van der Waals surface area contributed by atoms with Crippen LogP contribution in [0.2, 0.25) is 0 Å². The van der Waals surface area contributed by atoms with Gasteiger partial charge in [0.15, 0.2) is 0 Å². The summed E-state index contributed by atoms with van der Waals surface area (Å²) in [6.45, 7) is 1.07. The van der Waals surface area contributed by atoms with Crippen LogP contribution in [0.5, 0.6) is 5.75 Å². The number of amides is 3. The molecule has 0 unspecified atom stereocenters. The lowest BCUT2D eigenvalue weighted by atomic mass is 10.0. The average Bonchev–Trinajstić information content (AvgIpc) is 3.01. The van der Waals surface area contributed by atoms with E-state index in [1.54, 1.807) is 18.1 Å². The van der Waals surface area contributed by atoms with E-state index >= 15 is 0 Å². The van der Waals surface area contributed by atoms with Gasteiger partial charge in [-0.3, -0.25) is 4.79 Å². The molecular weight excluding hydrogens is 270 g/mol. The zero-order valence-electron chi connectivity index (χ0n) is 11.6. The number of hydrogen-bond donors (Lipinski definition) is 2. The van der Waals surface area contributed by atoms with Crippen LogP contribution in [0.25, 0.3) is 0 Å². The lowest BCUT2D eigenvalue weighted by Gasteiger charge is -2.27. The maximum absolute atomic E-state index is 12.5. The van der Waals surface area contributed by atoms with Crippen LogP contribution >= 0.6 is 0 Å². The van der Waals surface area contributed by atoms with Gasteiger partial charge in [-0.2, -0.15) is 0 Å². The van der Waals surface area contributed by atoms with E-state index in [1.165, 1.54) is 0 Å². The predicted octanol–water partition coefficient (Wildman–Crippen LogP) is 0.336. The number of carbonyl (C=O) groups is 2. The van der Waals surface area contributed by atoms with E-state index in [0.717, 1.165) is 5.56 Å². The van der Waals surface area contributed by atoms with Gasteiger partial charge in [-0.05, 0) is 17.7 Å². The number of methoxy groups -OCH3 is 1.